The third kappa shape index (κ3) is 1.89. The van der Waals surface area contributed by atoms with Crippen LogP contribution in [0.15, 0.2) is 41.0 Å². The third-order valence-corrected chi connectivity index (χ3v) is 3.20. The lowest BCUT2D eigenvalue weighted by Gasteiger charge is -2.16. The van der Waals surface area contributed by atoms with Crippen LogP contribution in [0.3, 0.4) is 0 Å². The lowest BCUT2D eigenvalue weighted by Crippen LogP contribution is -2.26. The summed E-state index contributed by atoms with van der Waals surface area (Å²) in [4.78, 5) is 24.6. The molecule has 1 amide bonds. The number of rotatable bonds is 3. The van der Waals surface area contributed by atoms with Gasteiger partial charge in [0.2, 0.25) is 5.91 Å². The third-order valence-electron chi connectivity index (χ3n) is 3.20. The predicted octanol–water partition coefficient (Wildman–Crippen LogP) is 2.07. The summed E-state index contributed by atoms with van der Waals surface area (Å²) in [7, 11) is 0. The molecule has 5 heteroatoms. The molecule has 1 N–H and O–H groups in total. The number of carbonyl (C=O) groups excluding carboxylic acids is 1. The summed E-state index contributed by atoms with van der Waals surface area (Å²) in [5.74, 6) is -0.810. The number of carbonyl (C=O) groups is 2. The van der Waals surface area contributed by atoms with E-state index in [2.05, 4.69) is 0 Å². The first-order valence-corrected chi connectivity index (χ1v) is 5.85. The standard InChI is InChI=1S/C14H11NO4/c16-13-7-9-3-1-2-4-11(9)15(13)8-12-10(14(17)18)5-6-19-12/h1-6H,7-8H2,(H,17,18). The van der Waals surface area contributed by atoms with Crippen LogP contribution < -0.4 is 4.90 Å². The van der Waals surface area contributed by atoms with E-state index < -0.39 is 5.97 Å². The monoisotopic (exact) mass is 257 g/mol. The molecule has 0 bridgehead atoms. The molecule has 1 aliphatic heterocycles. The van der Waals surface area contributed by atoms with Crippen LogP contribution in [0.4, 0.5) is 5.69 Å². The molecule has 1 aromatic carbocycles. The van der Waals surface area contributed by atoms with Gasteiger partial charge in [0.05, 0.1) is 19.2 Å². The van der Waals surface area contributed by atoms with E-state index >= 15 is 0 Å². The van der Waals surface area contributed by atoms with Crippen LogP contribution in [0.2, 0.25) is 0 Å². The quantitative estimate of drug-likeness (QED) is 0.913. The van der Waals surface area contributed by atoms with Crippen molar-refractivity contribution in [2.24, 2.45) is 0 Å². The Morgan fingerprint density at radius 3 is 2.89 bits per heavy atom. The van der Waals surface area contributed by atoms with E-state index in [1.807, 2.05) is 24.3 Å². The van der Waals surface area contributed by atoms with Gasteiger partial charge in [-0.25, -0.2) is 4.79 Å². The minimum Gasteiger partial charge on any atom is -0.478 e. The van der Waals surface area contributed by atoms with E-state index in [1.54, 1.807) is 4.90 Å². The lowest BCUT2D eigenvalue weighted by molar-refractivity contribution is -0.117. The molecule has 0 spiro atoms. The first-order valence-electron chi connectivity index (χ1n) is 5.85. The molecular formula is C14H11NO4. The van der Waals surface area contributed by atoms with Crippen molar-refractivity contribution >= 4 is 17.6 Å². The lowest BCUT2D eigenvalue weighted by atomic mass is 10.2. The van der Waals surface area contributed by atoms with Gasteiger partial charge in [-0.05, 0) is 17.7 Å². The van der Waals surface area contributed by atoms with Crippen LogP contribution in [-0.4, -0.2) is 17.0 Å². The molecule has 1 aromatic heterocycles. The maximum atomic E-state index is 12.0. The van der Waals surface area contributed by atoms with Crippen molar-refractivity contribution in [1.29, 1.82) is 0 Å². The van der Waals surface area contributed by atoms with Gasteiger partial charge in [-0.1, -0.05) is 18.2 Å². The number of nitrogens with zero attached hydrogens (tertiary/aromatic N) is 1. The number of furan rings is 1. The highest BCUT2D eigenvalue weighted by Gasteiger charge is 2.28. The molecule has 19 heavy (non-hydrogen) atoms. The number of hydrogen-bond acceptors (Lipinski definition) is 3. The molecule has 0 saturated heterocycles. The number of carboxylic acid groups (broad SMARTS) is 1. The summed E-state index contributed by atoms with van der Waals surface area (Å²) in [6, 6.07) is 8.87. The van der Waals surface area contributed by atoms with Crippen LogP contribution in [0, 0.1) is 0 Å². The first-order chi connectivity index (χ1) is 9.16. The Balaban J connectivity index is 1.94. The second-order valence-corrected chi connectivity index (χ2v) is 4.35. The van der Waals surface area contributed by atoms with E-state index in [4.69, 9.17) is 9.52 Å². The van der Waals surface area contributed by atoms with Crippen molar-refractivity contribution in [3.8, 4) is 0 Å². The second kappa shape index (κ2) is 4.28. The number of hydrogen-bond donors (Lipinski definition) is 1. The molecule has 1 aliphatic rings. The highest BCUT2D eigenvalue weighted by Crippen LogP contribution is 2.30. The van der Waals surface area contributed by atoms with Crippen molar-refractivity contribution < 1.29 is 19.1 Å². The molecule has 0 aliphatic carbocycles. The van der Waals surface area contributed by atoms with Gasteiger partial charge in [0.1, 0.15) is 11.3 Å². The normalized spacial score (nSPS) is 13.7. The first kappa shape index (κ1) is 11.5. The largest absolute Gasteiger partial charge is 0.478 e. The Bertz CT molecular complexity index is 659. The summed E-state index contributed by atoms with van der Waals surface area (Å²) in [5, 5.41) is 9.03. The molecule has 2 heterocycles. The zero-order chi connectivity index (χ0) is 13.4. The Morgan fingerprint density at radius 1 is 1.32 bits per heavy atom. The highest BCUT2D eigenvalue weighted by molar-refractivity contribution is 6.01. The number of anilines is 1. The van der Waals surface area contributed by atoms with E-state index in [0.717, 1.165) is 11.3 Å². The molecular weight excluding hydrogens is 246 g/mol. The van der Waals surface area contributed by atoms with E-state index in [1.165, 1.54) is 12.3 Å². The Labute approximate surface area is 109 Å². The van der Waals surface area contributed by atoms with Crippen molar-refractivity contribution in [2.45, 2.75) is 13.0 Å². The van der Waals surface area contributed by atoms with Crippen molar-refractivity contribution in [1.82, 2.24) is 0 Å². The average Bonchev–Trinajstić information content (AvgIpc) is 2.96. The summed E-state index contributed by atoms with van der Waals surface area (Å²) in [5.41, 5.74) is 1.87. The summed E-state index contributed by atoms with van der Waals surface area (Å²) < 4.78 is 5.18. The molecule has 0 atom stereocenters. The Kier molecular flexibility index (Phi) is 2.59. The number of amides is 1. The van der Waals surface area contributed by atoms with E-state index in [-0.39, 0.29) is 23.8 Å². The Morgan fingerprint density at radius 2 is 2.11 bits per heavy atom. The minimum atomic E-state index is -1.05. The maximum Gasteiger partial charge on any atom is 0.339 e. The summed E-state index contributed by atoms with van der Waals surface area (Å²) in [6.45, 7) is 0.143. The molecule has 0 fully saturated rings. The van der Waals surface area contributed by atoms with Crippen LogP contribution in [0.25, 0.3) is 0 Å². The van der Waals surface area contributed by atoms with Gasteiger partial charge >= 0.3 is 5.97 Å². The van der Waals surface area contributed by atoms with Crippen LogP contribution in [-0.2, 0) is 17.8 Å². The predicted molar refractivity (Wildman–Crippen MR) is 67.0 cm³/mol. The van der Waals surface area contributed by atoms with Gasteiger partial charge in [-0.3, -0.25) is 4.79 Å². The highest BCUT2D eigenvalue weighted by atomic mass is 16.4. The molecule has 3 rings (SSSR count). The van der Waals surface area contributed by atoms with Crippen molar-refractivity contribution in [3.63, 3.8) is 0 Å². The van der Waals surface area contributed by atoms with Crippen molar-refractivity contribution in [2.75, 3.05) is 4.90 Å². The molecule has 0 radical (unpaired) electrons. The molecule has 5 nitrogen and oxygen atoms in total. The fourth-order valence-corrected chi connectivity index (χ4v) is 2.29. The fourth-order valence-electron chi connectivity index (χ4n) is 2.29. The van der Waals surface area contributed by atoms with Gasteiger partial charge in [0, 0.05) is 5.69 Å². The number of para-hydroxylation sites is 1. The van der Waals surface area contributed by atoms with Gasteiger partial charge < -0.3 is 14.4 Å². The molecule has 2 aromatic rings. The summed E-state index contributed by atoms with van der Waals surface area (Å²) in [6.07, 6.45) is 1.67. The molecule has 96 valence electrons. The summed E-state index contributed by atoms with van der Waals surface area (Å²) >= 11 is 0. The van der Waals surface area contributed by atoms with E-state index in [0.29, 0.717) is 6.42 Å². The fraction of sp³-hybridized carbons (Fsp3) is 0.143. The van der Waals surface area contributed by atoms with Gasteiger partial charge in [0.25, 0.3) is 0 Å². The second-order valence-electron chi connectivity index (χ2n) is 4.35. The molecule has 0 unspecified atom stereocenters. The van der Waals surface area contributed by atoms with Gasteiger partial charge in [-0.2, -0.15) is 0 Å². The maximum absolute atomic E-state index is 12.0. The number of benzene rings is 1. The number of carboxylic acids is 1. The van der Waals surface area contributed by atoms with Crippen molar-refractivity contribution in [3.05, 3.63) is 53.5 Å². The smallest absolute Gasteiger partial charge is 0.339 e. The topological polar surface area (TPSA) is 70.8 Å². The zero-order valence-electron chi connectivity index (χ0n) is 10.00. The Hall–Kier alpha value is -2.56. The number of aromatic carboxylic acids is 1. The van der Waals surface area contributed by atoms with Gasteiger partial charge in [-0.15, -0.1) is 0 Å². The average molecular weight is 257 g/mol. The van der Waals surface area contributed by atoms with E-state index in [9.17, 15) is 9.59 Å². The van der Waals surface area contributed by atoms with Crippen LogP contribution in [0.1, 0.15) is 21.7 Å². The minimum absolute atomic E-state index is 0.0473. The van der Waals surface area contributed by atoms with Crippen LogP contribution in [0.5, 0.6) is 0 Å². The van der Waals surface area contributed by atoms with Gasteiger partial charge in [0.15, 0.2) is 0 Å². The zero-order valence-corrected chi connectivity index (χ0v) is 10.00. The van der Waals surface area contributed by atoms with Crippen LogP contribution >= 0.6 is 0 Å². The number of fused-ring (bicyclic) bond motifs is 1. The molecule has 0 saturated carbocycles. The SMILES string of the molecule is O=C(O)c1ccoc1CN1C(=O)Cc2ccccc21.